The lowest BCUT2D eigenvalue weighted by atomic mass is 10.3. The van der Waals surface area contributed by atoms with Crippen molar-refractivity contribution in [3.63, 3.8) is 0 Å². The van der Waals surface area contributed by atoms with E-state index in [0.29, 0.717) is 5.82 Å². The number of nitrogens with two attached hydrogens (primary N) is 1. The summed E-state index contributed by atoms with van der Waals surface area (Å²) in [5.41, 5.74) is 6.26. The first-order valence-electron chi connectivity index (χ1n) is 6.04. The summed E-state index contributed by atoms with van der Waals surface area (Å²) in [5.74, 6) is 0.832. The van der Waals surface area contributed by atoms with Gasteiger partial charge in [-0.2, -0.15) is 5.10 Å². The molecule has 0 spiro atoms. The topological polar surface area (TPSA) is 98.7 Å². The molecule has 7 nitrogen and oxygen atoms in total. The number of anilines is 1. The van der Waals surface area contributed by atoms with Crippen LogP contribution in [0.15, 0.2) is 18.6 Å². The third kappa shape index (κ3) is 2.70. The molecule has 2 aromatic rings. The minimum absolute atomic E-state index is 0.209. The fourth-order valence-corrected chi connectivity index (χ4v) is 1.67. The van der Waals surface area contributed by atoms with Crippen molar-refractivity contribution in [2.75, 3.05) is 11.9 Å². The first-order chi connectivity index (χ1) is 9.13. The van der Waals surface area contributed by atoms with Gasteiger partial charge in [0, 0.05) is 18.3 Å². The van der Waals surface area contributed by atoms with Crippen LogP contribution >= 0.6 is 0 Å². The number of amides is 1. The van der Waals surface area contributed by atoms with Crippen LogP contribution in [-0.2, 0) is 0 Å². The van der Waals surface area contributed by atoms with Crippen LogP contribution in [0, 0.1) is 6.92 Å². The molecule has 7 heteroatoms. The fraction of sp³-hybridized carbons (Fsp3) is 0.333. The van der Waals surface area contributed by atoms with Crippen LogP contribution in [0.5, 0.6) is 0 Å². The smallest absolute Gasteiger partial charge is 0.269 e. The van der Waals surface area contributed by atoms with Gasteiger partial charge in [0.15, 0.2) is 5.82 Å². The van der Waals surface area contributed by atoms with E-state index in [2.05, 4.69) is 27.3 Å². The van der Waals surface area contributed by atoms with Gasteiger partial charge in [0.05, 0.1) is 0 Å². The number of nitrogens with one attached hydrogen (secondary N) is 1. The lowest BCUT2D eigenvalue weighted by molar-refractivity contribution is 0.0995. The van der Waals surface area contributed by atoms with Gasteiger partial charge in [0.2, 0.25) is 0 Å². The molecule has 0 saturated heterocycles. The number of carbonyl (C=O) groups excluding carboxylic acids is 1. The number of hydrogen-bond acceptors (Lipinski definition) is 5. The summed E-state index contributed by atoms with van der Waals surface area (Å²) >= 11 is 0. The molecule has 0 saturated carbocycles. The normalized spacial score (nSPS) is 10.4. The highest BCUT2D eigenvalue weighted by Crippen LogP contribution is 2.17. The molecule has 100 valence electrons. The number of rotatable bonds is 5. The number of hydrogen-bond donors (Lipinski definition) is 2. The molecule has 2 aromatic heterocycles. The highest BCUT2D eigenvalue weighted by atomic mass is 16.1. The number of aromatic nitrogens is 4. The van der Waals surface area contributed by atoms with Gasteiger partial charge in [-0.3, -0.25) is 4.79 Å². The van der Waals surface area contributed by atoms with E-state index < -0.39 is 5.91 Å². The predicted molar refractivity (Wildman–Crippen MR) is 71.2 cm³/mol. The number of nitrogens with zero attached hydrogens (tertiary/aromatic N) is 4. The maximum absolute atomic E-state index is 11.0. The summed E-state index contributed by atoms with van der Waals surface area (Å²) in [7, 11) is 0. The summed E-state index contributed by atoms with van der Waals surface area (Å²) in [4.78, 5) is 19.4. The second-order valence-electron chi connectivity index (χ2n) is 4.11. The Labute approximate surface area is 110 Å². The molecule has 0 unspecified atom stereocenters. The summed E-state index contributed by atoms with van der Waals surface area (Å²) in [6, 6.07) is 1.56. The van der Waals surface area contributed by atoms with Crippen molar-refractivity contribution in [2.45, 2.75) is 20.3 Å². The molecule has 0 radical (unpaired) electrons. The van der Waals surface area contributed by atoms with Crippen molar-refractivity contribution in [3.05, 3.63) is 29.8 Å². The van der Waals surface area contributed by atoms with Crippen molar-refractivity contribution in [3.8, 4) is 5.82 Å². The van der Waals surface area contributed by atoms with Crippen LogP contribution in [0.3, 0.4) is 0 Å². The lowest BCUT2D eigenvalue weighted by Gasteiger charge is -2.10. The molecule has 0 fully saturated rings. The summed E-state index contributed by atoms with van der Waals surface area (Å²) in [5, 5.41) is 7.30. The quantitative estimate of drug-likeness (QED) is 0.831. The second-order valence-corrected chi connectivity index (χ2v) is 4.11. The average molecular weight is 260 g/mol. The molecule has 3 N–H and O–H groups in total. The van der Waals surface area contributed by atoms with Gasteiger partial charge in [-0.1, -0.05) is 6.92 Å². The summed E-state index contributed by atoms with van der Waals surface area (Å²) in [6.45, 7) is 4.82. The third-order valence-electron chi connectivity index (χ3n) is 2.66. The lowest BCUT2D eigenvalue weighted by Crippen LogP contribution is -2.13. The largest absolute Gasteiger partial charge is 0.370 e. The maximum Gasteiger partial charge on any atom is 0.269 e. The van der Waals surface area contributed by atoms with Crippen molar-refractivity contribution >= 4 is 11.7 Å². The van der Waals surface area contributed by atoms with E-state index in [0.717, 1.165) is 24.3 Å². The van der Waals surface area contributed by atoms with Crippen molar-refractivity contribution in [1.29, 1.82) is 0 Å². The predicted octanol–water partition coefficient (Wildman–Crippen LogP) is 0.892. The standard InChI is InChI=1S/C12H16N6O/c1-3-5-14-11-8(2)12(16-7-15-11)18-6-4-9(17-18)10(13)19/h4,6-7H,3,5H2,1-2H3,(H2,13,19)(H,14,15,16). The molecule has 0 aromatic carbocycles. The maximum atomic E-state index is 11.0. The Morgan fingerprint density at radius 2 is 2.26 bits per heavy atom. The van der Waals surface area contributed by atoms with Crippen LogP contribution in [0.1, 0.15) is 29.4 Å². The monoisotopic (exact) mass is 260 g/mol. The zero-order valence-electron chi connectivity index (χ0n) is 10.9. The van der Waals surface area contributed by atoms with E-state index in [1.165, 1.54) is 11.0 Å². The number of primary amides is 1. The van der Waals surface area contributed by atoms with E-state index in [4.69, 9.17) is 5.73 Å². The Bertz CT molecular complexity index is 592. The Morgan fingerprint density at radius 1 is 1.47 bits per heavy atom. The minimum atomic E-state index is -0.560. The van der Waals surface area contributed by atoms with Gasteiger partial charge in [-0.05, 0) is 19.4 Å². The molecular formula is C12H16N6O. The van der Waals surface area contributed by atoms with E-state index in [1.807, 2.05) is 6.92 Å². The Balaban J connectivity index is 2.35. The van der Waals surface area contributed by atoms with Crippen molar-refractivity contribution in [2.24, 2.45) is 5.73 Å². The minimum Gasteiger partial charge on any atom is -0.370 e. The van der Waals surface area contributed by atoms with Crippen LogP contribution in [0.2, 0.25) is 0 Å². The molecule has 0 aliphatic carbocycles. The van der Waals surface area contributed by atoms with Crippen molar-refractivity contribution < 1.29 is 4.79 Å². The molecule has 0 aliphatic heterocycles. The van der Waals surface area contributed by atoms with Gasteiger partial charge in [-0.25, -0.2) is 14.6 Å². The molecule has 2 heterocycles. The third-order valence-corrected chi connectivity index (χ3v) is 2.66. The highest BCUT2D eigenvalue weighted by molar-refractivity contribution is 5.90. The van der Waals surface area contributed by atoms with Gasteiger partial charge in [0.1, 0.15) is 17.8 Å². The zero-order valence-corrected chi connectivity index (χ0v) is 10.9. The van der Waals surface area contributed by atoms with E-state index in [-0.39, 0.29) is 5.69 Å². The van der Waals surface area contributed by atoms with E-state index in [1.54, 1.807) is 12.3 Å². The number of carbonyl (C=O) groups is 1. The van der Waals surface area contributed by atoms with Crippen LogP contribution in [0.4, 0.5) is 5.82 Å². The molecular weight excluding hydrogens is 244 g/mol. The molecule has 1 amide bonds. The fourth-order valence-electron chi connectivity index (χ4n) is 1.67. The Morgan fingerprint density at radius 3 is 2.89 bits per heavy atom. The Kier molecular flexibility index (Phi) is 3.74. The van der Waals surface area contributed by atoms with Gasteiger partial charge >= 0.3 is 0 Å². The van der Waals surface area contributed by atoms with Crippen molar-refractivity contribution in [1.82, 2.24) is 19.7 Å². The van der Waals surface area contributed by atoms with Crippen LogP contribution in [-0.4, -0.2) is 32.2 Å². The second kappa shape index (κ2) is 5.47. The molecule has 0 bridgehead atoms. The SMILES string of the molecule is CCCNc1ncnc(-n2ccc(C(N)=O)n2)c1C. The first-order valence-corrected chi connectivity index (χ1v) is 6.04. The summed E-state index contributed by atoms with van der Waals surface area (Å²) in [6.07, 6.45) is 4.12. The van der Waals surface area contributed by atoms with Gasteiger partial charge in [-0.15, -0.1) is 0 Å². The first kappa shape index (κ1) is 13.0. The van der Waals surface area contributed by atoms with E-state index >= 15 is 0 Å². The average Bonchev–Trinajstić information content (AvgIpc) is 2.87. The molecule has 0 aliphatic rings. The Hall–Kier alpha value is -2.44. The summed E-state index contributed by atoms with van der Waals surface area (Å²) < 4.78 is 1.52. The van der Waals surface area contributed by atoms with Gasteiger partial charge < -0.3 is 11.1 Å². The highest BCUT2D eigenvalue weighted by Gasteiger charge is 2.11. The van der Waals surface area contributed by atoms with E-state index in [9.17, 15) is 4.79 Å². The van der Waals surface area contributed by atoms with Crippen LogP contribution < -0.4 is 11.1 Å². The van der Waals surface area contributed by atoms with Crippen LogP contribution in [0.25, 0.3) is 5.82 Å². The molecule has 2 rings (SSSR count). The molecule has 0 atom stereocenters. The molecule has 19 heavy (non-hydrogen) atoms. The zero-order chi connectivity index (χ0) is 13.8. The van der Waals surface area contributed by atoms with Gasteiger partial charge in [0.25, 0.3) is 5.91 Å².